The summed E-state index contributed by atoms with van der Waals surface area (Å²) < 4.78 is 1.36. The fourth-order valence-corrected chi connectivity index (χ4v) is 1.61. The quantitative estimate of drug-likeness (QED) is 0.763. The zero-order chi connectivity index (χ0) is 14.5. The second-order valence-electron chi connectivity index (χ2n) is 3.99. The molecule has 2 aromatic rings. The Hall–Kier alpha value is -2.90. The lowest BCUT2D eigenvalue weighted by atomic mass is 10.1. The molecule has 0 saturated carbocycles. The van der Waals surface area contributed by atoms with E-state index in [0.29, 0.717) is 5.56 Å². The Kier molecular flexibility index (Phi) is 3.94. The number of amides is 2. The third kappa shape index (κ3) is 3.10. The van der Waals surface area contributed by atoms with E-state index < -0.39 is 18.0 Å². The lowest BCUT2D eigenvalue weighted by molar-refractivity contribution is -0.139. The monoisotopic (exact) mass is 275 g/mol. The Balaban J connectivity index is 2.08. The Morgan fingerprint density at radius 3 is 2.55 bits per heavy atom. The van der Waals surface area contributed by atoms with Crippen LogP contribution >= 0.6 is 0 Å². The highest BCUT2D eigenvalue weighted by Gasteiger charge is 2.22. The molecule has 2 amide bonds. The van der Waals surface area contributed by atoms with Crippen LogP contribution in [0.3, 0.4) is 0 Å². The number of hydrogen-bond donors (Lipinski definition) is 3. The summed E-state index contributed by atoms with van der Waals surface area (Å²) in [5.74, 6) is -0.927. The molecule has 20 heavy (non-hydrogen) atoms. The number of aryl methyl sites for hydroxylation is 1. The van der Waals surface area contributed by atoms with Crippen molar-refractivity contribution in [3.63, 3.8) is 0 Å². The van der Waals surface area contributed by atoms with E-state index in [1.54, 1.807) is 37.4 Å². The summed E-state index contributed by atoms with van der Waals surface area (Å²) in [4.78, 5) is 26.8. The lowest BCUT2D eigenvalue weighted by Crippen LogP contribution is -2.37. The van der Waals surface area contributed by atoms with Gasteiger partial charge >= 0.3 is 12.0 Å². The number of nitrogens with zero attached hydrogens (tertiary/aromatic N) is 3. The molecule has 0 fully saturated rings. The predicted molar refractivity (Wildman–Crippen MR) is 70.0 cm³/mol. The first-order valence-corrected chi connectivity index (χ1v) is 5.77. The van der Waals surface area contributed by atoms with E-state index in [4.69, 9.17) is 0 Å². The first-order valence-electron chi connectivity index (χ1n) is 5.77. The number of aromatic nitrogens is 3. The van der Waals surface area contributed by atoms with Crippen LogP contribution in [0.4, 0.5) is 10.7 Å². The first kappa shape index (κ1) is 13.5. The minimum Gasteiger partial charge on any atom is -0.479 e. The average Bonchev–Trinajstić information content (AvgIpc) is 2.82. The van der Waals surface area contributed by atoms with E-state index in [-0.39, 0.29) is 5.95 Å². The molecule has 0 aliphatic heterocycles. The van der Waals surface area contributed by atoms with Crippen molar-refractivity contribution in [1.82, 2.24) is 20.1 Å². The van der Waals surface area contributed by atoms with E-state index in [1.807, 2.05) is 0 Å². The SMILES string of the molecule is Cn1ncnc1NC(=O)N[C@@H](C(=O)O)c1ccccc1. The summed E-state index contributed by atoms with van der Waals surface area (Å²) in [7, 11) is 1.61. The van der Waals surface area contributed by atoms with E-state index in [1.165, 1.54) is 11.0 Å². The highest BCUT2D eigenvalue weighted by Crippen LogP contribution is 2.12. The van der Waals surface area contributed by atoms with Gasteiger partial charge in [0.15, 0.2) is 6.04 Å². The molecule has 1 heterocycles. The van der Waals surface area contributed by atoms with Crippen molar-refractivity contribution in [1.29, 1.82) is 0 Å². The Morgan fingerprint density at radius 1 is 1.30 bits per heavy atom. The van der Waals surface area contributed by atoms with Crippen LogP contribution < -0.4 is 10.6 Å². The summed E-state index contributed by atoms with van der Waals surface area (Å²) in [5, 5.41) is 17.8. The van der Waals surface area contributed by atoms with Gasteiger partial charge in [-0.25, -0.2) is 14.3 Å². The Morgan fingerprint density at radius 2 is 2.00 bits per heavy atom. The van der Waals surface area contributed by atoms with Gasteiger partial charge in [-0.15, -0.1) is 0 Å². The summed E-state index contributed by atoms with van der Waals surface area (Å²) in [6.07, 6.45) is 1.28. The van der Waals surface area contributed by atoms with Crippen molar-refractivity contribution >= 4 is 17.9 Å². The number of aliphatic carboxylic acids is 1. The maximum atomic E-state index is 11.8. The molecule has 0 spiro atoms. The molecule has 8 nitrogen and oxygen atoms in total. The number of anilines is 1. The smallest absolute Gasteiger partial charge is 0.330 e. The molecule has 1 atom stereocenters. The van der Waals surface area contributed by atoms with Gasteiger partial charge in [0, 0.05) is 7.05 Å². The molecule has 0 saturated heterocycles. The lowest BCUT2D eigenvalue weighted by Gasteiger charge is -2.15. The number of hydrogen-bond acceptors (Lipinski definition) is 4. The highest BCUT2D eigenvalue weighted by molar-refractivity contribution is 5.91. The van der Waals surface area contributed by atoms with Crippen molar-refractivity contribution in [3.8, 4) is 0 Å². The van der Waals surface area contributed by atoms with Gasteiger partial charge in [0.1, 0.15) is 6.33 Å². The maximum absolute atomic E-state index is 11.8. The van der Waals surface area contributed by atoms with Crippen molar-refractivity contribution in [3.05, 3.63) is 42.2 Å². The second-order valence-corrected chi connectivity index (χ2v) is 3.99. The van der Waals surface area contributed by atoms with Crippen LogP contribution in [0.2, 0.25) is 0 Å². The molecular formula is C12H13N5O3. The molecule has 8 heteroatoms. The molecule has 3 N–H and O–H groups in total. The normalized spacial score (nSPS) is 11.7. The Bertz CT molecular complexity index is 611. The van der Waals surface area contributed by atoms with Gasteiger partial charge in [0.05, 0.1) is 0 Å². The van der Waals surface area contributed by atoms with Crippen LogP contribution in [-0.4, -0.2) is 31.9 Å². The van der Waals surface area contributed by atoms with Crippen molar-refractivity contribution < 1.29 is 14.7 Å². The molecule has 1 aromatic carbocycles. The van der Waals surface area contributed by atoms with Gasteiger partial charge in [-0.3, -0.25) is 5.32 Å². The average molecular weight is 275 g/mol. The van der Waals surface area contributed by atoms with Crippen LogP contribution in [0.15, 0.2) is 36.7 Å². The van der Waals surface area contributed by atoms with Crippen LogP contribution in [0, 0.1) is 0 Å². The minimum atomic E-state index is -1.15. The number of benzene rings is 1. The first-order chi connectivity index (χ1) is 9.58. The molecule has 1 aromatic heterocycles. The topological polar surface area (TPSA) is 109 Å². The van der Waals surface area contributed by atoms with Crippen LogP contribution in [-0.2, 0) is 11.8 Å². The van der Waals surface area contributed by atoms with Gasteiger partial charge in [0.2, 0.25) is 5.95 Å². The van der Waals surface area contributed by atoms with Gasteiger partial charge in [0.25, 0.3) is 0 Å². The zero-order valence-electron chi connectivity index (χ0n) is 10.6. The number of urea groups is 1. The van der Waals surface area contributed by atoms with Gasteiger partial charge in [-0.05, 0) is 5.56 Å². The van der Waals surface area contributed by atoms with Gasteiger partial charge < -0.3 is 10.4 Å². The molecule has 0 bridgehead atoms. The predicted octanol–water partition coefficient (Wildman–Crippen LogP) is 0.762. The number of carboxylic acids is 1. The van der Waals surface area contributed by atoms with Crippen LogP contribution in [0.5, 0.6) is 0 Å². The van der Waals surface area contributed by atoms with Crippen LogP contribution in [0.25, 0.3) is 0 Å². The summed E-state index contributed by atoms with van der Waals surface area (Å²) in [5.41, 5.74) is 0.480. The highest BCUT2D eigenvalue weighted by atomic mass is 16.4. The molecule has 0 aliphatic carbocycles. The van der Waals surface area contributed by atoms with Crippen LogP contribution in [0.1, 0.15) is 11.6 Å². The standard InChI is InChI=1S/C12H13N5O3/c1-17-11(13-7-14-17)16-12(20)15-9(10(18)19)8-5-3-2-4-6-8/h2-7,9H,1H3,(H,18,19)(H2,13,14,15,16,20)/t9-/m1/s1. The van der Waals surface area contributed by atoms with E-state index >= 15 is 0 Å². The zero-order valence-corrected chi connectivity index (χ0v) is 10.6. The van der Waals surface area contributed by atoms with Crippen molar-refractivity contribution in [2.24, 2.45) is 7.05 Å². The van der Waals surface area contributed by atoms with E-state index in [2.05, 4.69) is 20.7 Å². The molecule has 2 rings (SSSR count). The third-order valence-corrected chi connectivity index (χ3v) is 2.59. The number of rotatable bonds is 4. The summed E-state index contributed by atoms with van der Waals surface area (Å²) >= 11 is 0. The second kappa shape index (κ2) is 5.83. The van der Waals surface area contributed by atoms with Crippen molar-refractivity contribution in [2.75, 3.05) is 5.32 Å². The van der Waals surface area contributed by atoms with E-state index in [0.717, 1.165) is 0 Å². The maximum Gasteiger partial charge on any atom is 0.330 e. The van der Waals surface area contributed by atoms with Gasteiger partial charge in [-0.1, -0.05) is 30.3 Å². The minimum absolute atomic E-state index is 0.222. The number of nitrogens with one attached hydrogen (secondary N) is 2. The number of carbonyl (C=O) groups is 2. The van der Waals surface area contributed by atoms with Crippen molar-refractivity contribution in [2.45, 2.75) is 6.04 Å². The summed E-state index contributed by atoms with van der Waals surface area (Å²) in [6, 6.07) is 6.62. The summed E-state index contributed by atoms with van der Waals surface area (Å²) in [6.45, 7) is 0. The molecule has 0 radical (unpaired) electrons. The largest absolute Gasteiger partial charge is 0.479 e. The molecule has 0 unspecified atom stereocenters. The molecular weight excluding hydrogens is 262 g/mol. The molecule has 0 aliphatic rings. The fraction of sp³-hybridized carbons (Fsp3) is 0.167. The van der Waals surface area contributed by atoms with E-state index in [9.17, 15) is 14.7 Å². The Labute approximate surface area is 114 Å². The number of carbonyl (C=O) groups excluding carboxylic acids is 1. The number of carboxylic acid groups (broad SMARTS) is 1. The third-order valence-electron chi connectivity index (χ3n) is 2.59. The fourth-order valence-electron chi connectivity index (χ4n) is 1.61. The van der Waals surface area contributed by atoms with Gasteiger partial charge in [-0.2, -0.15) is 10.1 Å². The molecule has 104 valence electrons.